The van der Waals surface area contributed by atoms with E-state index in [1.165, 1.54) is 0 Å². The average Bonchev–Trinajstić information content (AvgIpc) is 3.02. The molecular formula is C24H28NO5P. The number of carbonyl (C=O) groups excluding carboxylic acids is 2. The Balaban J connectivity index is 1.89. The van der Waals surface area contributed by atoms with Crippen LogP contribution in [0.3, 0.4) is 0 Å². The van der Waals surface area contributed by atoms with Crippen LogP contribution in [-0.4, -0.2) is 27.7 Å². The fourth-order valence-electron chi connectivity index (χ4n) is 4.10. The highest BCUT2D eigenvalue weighted by molar-refractivity contribution is 7.27. The fraction of sp³-hybridized carbons (Fsp3) is 0.333. The van der Waals surface area contributed by atoms with Gasteiger partial charge in [-0.15, -0.1) is 15.8 Å². The van der Waals surface area contributed by atoms with Crippen molar-refractivity contribution < 1.29 is 24.5 Å². The molecule has 31 heavy (non-hydrogen) atoms. The molecule has 1 heterocycles. The summed E-state index contributed by atoms with van der Waals surface area (Å²) in [5, 5.41) is 25.5. The minimum Gasteiger partial charge on any atom is -0.508 e. The first-order valence-corrected chi connectivity index (χ1v) is 10.6. The predicted molar refractivity (Wildman–Crippen MR) is 124 cm³/mol. The quantitative estimate of drug-likeness (QED) is 0.347. The highest BCUT2D eigenvalue weighted by Gasteiger charge is 2.42. The third-order valence-electron chi connectivity index (χ3n) is 5.44. The van der Waals surface area contributed by atoms with E-state index in [1.54, 1.807) is 37.3 Å². The number of nitrogens with one attached hydrogen (secondary N) is 1. The molecule has 1 aliphatic heterocycles. The van der Waals surface area contributed by atoms with Gasteiger partial charge in [-0.05, 0) is 54.4 Å². The number of esters is 1. The Bertz CT molecular complexity index is 1060. The van der Waals surface area contributed by atoms with Crippen LogP contribution in [0.15, 0.2) is 48.6 Å². The third kappa shape index (κ3) is 4.97. The summed E-state index contributed by atoms with van der Waals surface area (Å²) in [7, 11) is 2.58. The van der Waals surface area contributed by atoms with Crippen molar-refractivity contribution >= 4 is 32.1 Å². The van der Waals surface area contributed by atoms with Gasteiger partial charge in [-0.1, -0.05) is 25.5 Å². The molecule has 1 amide bonds. The Morgan fingerprint density at radius 3 is 2.65 bits per heavy atom. The molecule has 0 saturated carbocycles. The minimum atomic E-state index is -1.76. The number of aromatic hydroxyl groups is 1. The van der Waals surface area contributed by atoms with Crippen LogP contribution in [0.2, 0.25) is 0 Å². The van der Waals surface area contributed by atoms with E-state index < -0.39 is 16.9 Å². The monoisotopic (exact) mass is 441 g/mol. The van der Waals surface area contributed by atoms with E-state index in [-0.39, 0.29) is 31.2 Å². The Morgan fingerprint density at radius 2 is 1.97 bits per heavy atom. The number of phenolic OH excluding ortho intramolecular Hbond substituents is 1. The standard InChI is InChI=1S/C24H28NO5P/c1-14(2)11-24(29,13-23(3,4)19-10-17(31)6-8-20(19)26)22(28)25-16-5-7-18-15(9-16)12-30-21(18)27/h5-10,26,29H,1,11-13,31H2,2-4H3,(H,25,28). The van der Waals surface area contributed by atoms with E-state index in [9.17, 15) is 19.8 Å². The van der Waals surface area contributed by atoms with Gasteiger partial charge in [0.05, 0.1) is 5.56 Å². The molecule has 6 nitrogen and oxygen atoms in total. The number of aliphatic hydroxyl groups is 1. The van der Waals surface area contributed by atoms with Crippen LogP contribution in [0.5, 0.6) is 5.75 Å². The molecule has 0 aliphatic carbocycles. The van der Waals surface area contributed by atoms with Gasteiger partial charge in [-0.2, -0.15) is 0 Å². The van der Waals surface area contributed by atoms with Gasteiger partial charge >= 0.3 is 5.97 Å². The maximum absolute atomic E-state index is 13.2. The van der Waals surface area contributed by atoms with Crippen LogP contribution in [0.25, 0.3) is 0 Å². The zero-order valence-corrected chi connectivity index (χ0v) is 19.1. The molecule has 0 aromatic heterocycles. The molecule has 164 valence electrons. The van der Waals surface area contributed by atoms with Crippen LogP contribution >= 0.6 is 9.24 Å². The zero-order chi connectivity index (χ0) is 23.0. The lowest BCUT2D eigenvalue weighted by Gasteiger charge is -2.36. The number of carbonyl (C=O) groups is 2. The Hall–Kier alpha value is -2.69. The van der Waals surface area contributed by atoms with E-state index in [0.717, 1.165) is 5.30 Å². The first-order valence-electron chi connectivity index (χ1n) is 9.98. The predicted octanol–water partition coefficient (Wildman–Crippen LogP) is 3.57. The lowest BCUT2D eigenvalue weighted by Crippen LogP contribution is -2.47. The van der Waals surface area contributed by atoms with Gasteiger partial charge < -0.3 is 20.3 Å². The van der Waals surface area contributed by atoms with Crippen LogP contribution < -0.4 is 10.6 Å². The summed E-state index contributed by atoms with van der Waals surface area (Å²) in [5.74, 6) is -0.850. The summed E-state index contributed by atoms with van der Waals surface area (Å²) in [6.45, 7) is 9.54. The number of cyclic esters (lactones) is 1. The molecule has 2 atom stereocenters. The molecule has 2 aromatic rings. The lowest BCUT2D eigenvalue weighted by molar-refractivity contribution is -0.136. The number of amides is 1. The summed E-state index contributed by atoms with van der Waals surface area (Å²) in [4.78, 5) is 24.9. The number of hydrogen-bond acceptors (Lipinski definition) is 5. The molecule has 0 fully saturated rings. The molecular weight excluding hydrogens is 413 g/mol. The van der Waals surface area contributed by atoms with Crippen LogP contribution in [0.4, 0.5) is 5.69 Å². The molecule has 3 rings (SSSR count). The lowest BCUT2D eigenvalue weighted by atomic mass is 9.72. The van der Waals surface area contributed by atoms with Crippen molar-refractivity contribution in [2.45, 2.75) is 51.2 Å². The smallest absolute Gasteiger partial charge is 0.338 e. The molecule has 0 bridgehead atoms. The second-order valence-electron chi connectivity index (χ2n) is 8.90. The number of ether oxygens (including phenoxy) is 1. The van der Waals surface area contributed by atoms with Gasteiger partial charge in [0, 0.05) is 23.2 Å². The average molecular weight is 441 g/mol. The molecule has 2 aromatic carbocycles. The van der Waals surface area contributed by atoms with E-state index in [1.807, 2.05) is 19.9 Å². The number of benzene rings is 2. The molecule has 0 radical (unpaired) electrons. The SMILES string of the molecule is C=C(C)CC(O)(CC(C)(C)c1cc(P)ccc1O)C(=O)Nc1ccc2c(c1)COC2=O. The molecule has 0 saturated heterocycles. The Morgan fingerprint density at radius 1 is 1.26 bits per heavy atom. The first kappa shape index (κ1) is 23.0. The molecule has 7 heteroatoms. The number of hydrogen-bond donors (Lipinski definition) is 3. The maximum atomic E-state index is 13.2. The number of phenols is 1. The van der Waals surface area contributed by atoms with Crippen molar-refractivity contribution in [1.29, 1.82) is 0 Å². The van der Waals surface area contributed by atoms with Crippen molar-refractivity contribution in [3.63, 3.8) is 0 Å². The largest absolute Gasteiger partial charge is 0.508 e. The van der Waals surface area contributed by atoms with Crippen LogP contribution in [-0.2, 0) is 21.6 Å². The molecule has 2 unspecified atom stereocenters. The first-order chi connectivity index (χ1) is 14.4. The van der Waals surface area contributed by atoms with Crippen LogP contribution in [0.1, 0.15) is 55.1 Å². The van der Waals surface area contributed by atoms with Gasteiger partial charge in [0.2, 0.25) is 0 Å². The van der Waals surface area contributed by atoms with Crippen LogP contribution in [0, 0.1) is 0 Å². The second-order valence-corrected chi connectivity index (χ2v) is 9.57. The van der Waals surface area contributed by atoms with E-state index in [2.05, 4.69) is 21.1 Å². The summed E-state index contributed by atoms with van der Waals surface area (Å²) in [5.41, 5.74) is 0.458. The van der Waals surface area contributed by atoms with Crippen molar-refractivity contribution in [1.82, 2.24) is 0 Å². The second kappa shape index (κ2) is 8.45. The highest BCUT2D eigenvalue weighted by Crippen LogP contribution is 2.39. The fourth-order valence-corrected chi connectivity index (χ4v) is 4.37. The molecule has 0 spiro atoms. The van der Waals surface area contributed by atoms with E-state index >= 15 is 0 Å². The summed E-state index contributed by atoms with van der Waals surface area (Å²) < 4.78 is 5.00. The normalized spacial score (nSPS) is 15.1. The summed E-state index contributed by atoms with van der Waals surface area (Å²) in [6.07, 6.45) is 0.128. The topological polar surface area (TPSA) is 95.9 Å². The maximum Gasteiger partial charge on any atom is 0.338 e. The zero-order valence-electron chi connectivity index (χ0n) is 18.0. The number of rotatable bonds is 7. The third-order valence-corrected chi connectivity index (χ3v) is 5.80. The van der Waals surface area contributed by atoms with Gasteiger partial charge in [0.25, 0.3) is 5.91 Å². The highest BCUT2D eigenvalue weighted by atomic mass is 31.0. The number of anilines is 1. The minimum absolute atomic E-state index is 0.0624. The van der Waals surface area contributed by atoms with E-state index in [0.29, 0.717) is 28.0 Å². The van der Waals surface area contributed by atoms with E-state index in [4.69, 9.17) is 4.74 Å². The van der Waals surface area contributed by atoms with Gasteiger partial charge in [0.15, 0.2) is 0 Å². The Labute approximate surface area is 184 Å². The van der Waals surface area contributed by atoms with Crippen molar-refractivity contribution in [3.8, 4) is 5.75 Å². The summed E-state index contributed by atoms with van der Waals surface area (Å²) in [6, 6.07) is 10.1. The van der Waals surface area contributed by atoms with Crippen molar-refractivity contribution in [2.75, 3.05) is 5.32 Å². The van der Waals surface area contributed by atoms with Gasteiger partial charge in [0.1, 0.15) is 18.0 Å². The van der Waals surface area contributed by atoms with Gasteiger partial charge in [-0.3, -0.25) is 4.79 Å². The summed E-state index contributed by atoms with van der Waals surface area (Å²) >= 11 is 0. The number of fused-ring (bicyclic) bond motifs is 1. The van der Waals surface area contributed by atoms with Crippen molar-refractivity contribution in [3.05, 3.63) is 65.2 Å². The molecule has 1 aliphatic rings. The Kier molecular flexibility index (Phi) is 6.26. The van der Waals surface area contributed by atoms with Gasteiger partial charge in [-0.25, -0.2) is 4.79 Å². The van der Waals surface area contributed by atoms with Crippen molar-refractivity contribution in [2.24, 2.45) is 0 Å². The molecule has 3 N–H and O–H groups in total.